The van der Waals surface area contributed by atoms with Crippen LogP contribution in [0.4, 0.5) is 0 Å². The van der Waals surface area contributed by atoms with E-state index < -0.39 is 46.0 Å². The zero-order chi connectivity index (χ0) is 45.5. The monoisotopic (exact) mass is 1020 g/mol. The van der Waals surface area contributed by atoms with E-state index in [1.807, 2.05) is 61.3 Å². The van der Waals surface area contributed by atoms with Crippen molar-refractivity contribution in [2.45, 2.75) is 128 Å². The summed E-state index contributed by atoms with van der Waals surface area (Å²) in [6.45, 7) is 21.0. The minimum Gasteiger partial charge on any atom is -0.532 e. The van der Waals surface area contributed by atoms with Crippen LogP contribution in [-0.2, 0) is 35.0 Å². The number of halogens is 3. The predicted molar refractivity (Wildman–Crippen MR) is 262 cm³/mol. The molecule has 9 nitrogen and oxygen atoms in total. The highest BCUT2D eigenvalue weighted by atomic mass is 127. The first kappa shape index (κ1) is 50.9. The largest absolute Gasteiger partial charge is 0.532 e. The smallest absolute Gasteiger partial charge is 0.328 e. The predicted octanol–water partition coefficient (Wildman–Crippen LogP) is 9.62. The second-order valence-electron chi connectivity index (χ2n) is 18.7. The van der Waals surface area contributed by atoms with Gasteiger partial charge in [0.25, 0.3) is 5.91 Å². The number of amides is 2. The van der Waals surface area contributed by atoms with Crippen molar-refractivity contribution in [2.24, 2.45) is 5.92 Å². The summed E-state index contributed by atoms with van der Waals surface area (Å²) in [5.74, 6) is -1.27. The second kappa shape index (κ2) is 21.3. The number of likely N-dealkylation sites (N-methyl/N-ethyl adjacent to an activating group) is 1. The fraction of sp³-hybridized carbons (Fsp3) is 0.511. The summed E-state index contributed by atoms with van der Waals surface area (Å²) in [4.78, 5) is 44.1. The molecule has 1 N–H and O–H groups in total. The molecule has 0 aromatic heterocycles. The number of benzene rings is 3. The maximum Gasteiger partial charge on any atom is 0.328 e. The number of hydrogen-bond donors (Lipinski definition) is 1. The van der Waals surface area contributed by atoms with Gasteiger partial charge in [0.2, 0.25) is 5.91 Å². The van der Waals surface area contributed by atoms with Gasteiger partial charge in [0, 0.05) is 35.1 Å². The van der Waals surface area contributed by atoms with Gasteiger partial charge in [-0.1, -0.05) is 167 Å². The third kappa shape index (κ3) is 12.3. The SMILES string of the molecule is CC[C@H](C)[C@@H](C(=O)N[C@H](Cc1cc(Cl)c(O[Si](c2ccccc2)(c2ccccc2)C(C)(C)C)c(Cl)c1)C(=O)OCC[Si](C)(C)C)N(C)C(=O)[C@]1(C)O[C@H]1C[C@@H](OC)/C(C)=C/I. The van der Waals surface area contributed by atoms with Gasteiger partial charge >= 0.3 is 14.3 Å². The molecule has 0 saturated carbocycles. The van der Waals surface area contributed by atoms with E-state index in [0.717, 1.165) is 22.0 Å². The molecule has 1 aliphatic heterocycles. The van der Waals surface area contributed by atoms with E-state index >= 15 is 0 Å². The van der Waals surface area contributed by atoms with Gasteiger partial charge in [0.1, 0.15) is 17.8 Å². The standard InChI is InChI=1S/C47H65Cl2IN2O7Si2/c1-13-31(2)41(52(8)45(55)47(7)40(58-47)29-39(56-9)32(3)30-50)43(53)51-38(44(54)57-24-25-60(10,11)12)28-33-26-36(48)42(37(49)27-33)59-61(46(4,5)6,34-20-16-14-17-21-34)35-22-18-15-19-23-35/h14-23,26-27,30-31,38-41H,13,24-25,28-29H2,1-12H3,(H,51,53)/b32-30+/t31-,38+,39+,40-,41-,47+/m0/s1. The van der Waals surface area contributed by atoms with Crippen LogP contribution in [0.2, 0.25) is 40.8 Å². The Hall–Kier alpha value is -2.73. The molecule has 61 heavy (non-hydrogen) atoms. The van der Waals surface area contributed by atoms with Gasteiger partial charge in [-0.2, -0.15) is 0 Å². The number of ether oxygens (including phenoxy) is 3. The molecule has 0 unspecified atom stereocenters. The summed E-state index contributed by atoms with van der Waals surface area (Å²) in [7, 11) is -1.39. The zero-order valence-corrected chi connectivity index (χ0v) is 43.5. The molecule has 1 fully saturated rings. The fourth-order valence-electron chi connectivity index (χ4n) is 7.85. The molecule has 334 valence electrons. The third-order valence-electron chi connectivity index (χ3n) is 11.8. The Morgan fingerprint density at radius 2 is 1.54 bits per heavy atom. The van der Waals surface area contributed by atoms with Crippen LogP contribution in [0.15, 0.2) is 82.5 Å². The maximum absolute atomic E-state index is 14.5. The van der Waals surface area contributed by atoms with Gasteiger partial charge in [-0.05, 0) is 68.6 Å². The van der Waals surface area contributed by atoms with Gasteiger partial charge in [-0.15, -0.1) is 0 Å². The van der Waals surface area contributed by atoms with E-state index in [1.54, 1.807) is 33.2 Å². The summed E-state index contributed by atoms with van der Waals surface area (Å²) < 4.78 is 26.7. The van der Waals surface area contributed by atoms with Crippen LogP contribution in [0.5, 0.6) is 5.75 Å². The van der Waals surface area contributed by atoms with Crippen molar-refractivity contribution in [3.63, 3.8) is 0 Å². The van der Waals surface area contributed by atoms with Crippen LogP contribution < -0.4 is 20.1 Å². The second-order valence-corrected chi connectivity index (χ2v) is 30.0. The highest BCUT2D eigenvalue weighted by Gasteiger charge is 2.61. The molecule has 0 spiro atoms. The Morgan fingerprint density at radius 3 is 2.00 bits per heavy atom. The van der Waals surface area contributed by atoms with Crippen LogP contribution >= 0.6 is 45.8 Å². The molecule has 6 atom stereocenters. The number of methoxy groups -OCH3 is 1. The molecule has 0 radical (unpaired) electrons. The summed E-state index contributed by atoms with van der Waals surface area (Å²) in [6, 6.07) is 22.6. The number of rotatable bonds is 20. The highest BCUT2D eigenvalue weighted by Crippen LogP contribution is 2.44. The van der Waals surface area contributed by atoms with Crippen molar-refractivity contribution < 1.29 is 33.0 Å². The number of hydrogen-bond acceptors (Lipinski definition) is 7. The van der Waals surface area contributed by atoms with Crippen LogP contribution in [0.25, 0.3) is 0 Å². The first-order valence-electron chi connectivity index (χ1n) is 21.0. The normalized spacial score (nSPS) is 19.0. The molecule has 14 heteroatoms. The molecule has 3 aromatic carbocycles. The number of epoxide rings is 1. The fourth-order valence-corrected chi connectivity index (χ4v) is 14.2. The number of esters is 1. The van der Waals surface area contributed by atoms with Crippen LogP contribution in [0.3, 0.4) is 0 Å². The number of carbonyl (C=O) groups is 3. The van der Waals surface area contributed by atoms with E-state index in [1.165, 1.54) is 4.90 Å². The lowest BCUT2D eigenvalue weighted by Crippen LogP contribution is -2.68. The lowest BCUT2D eigenvalue weighted by molar-refractivity contribution is -0.149. The van der Waals surface area contributed by atoms with Gasteiger partial charge in [0.15, 0.2) is 5.60 Å². The lowest BCUT2D eigenvalue weighted by atomic mass is 9.93. The molecule has 2 amide bonds. The summed E-state index contributed by atoms with van der Waals surface area (Å²) in [5.41, 5.74) is 0.515. The Bertz CT molecular complexity index is 1950. The first-order chi connectivity index (χ1) is 28.5. The molecule has 0 aliphatic carbocycles. The van der Waals surface area contributed by atoms with Crippen LogP contribution in [0, 0.1) is 5.92 Å². The van der Waals surface area contributed by atoms with Crippen LogP contribution in [0.1, 0.15) is 66.9 Å². The van der Waals surface area contributed by atoms with Gasteiger partial charge in [-0.3, -0.25) is 9.59 Å². The van der Waals surface area contributed by atoms with Crippen molar-refractivity contribution in [1.82, 2.24) is 10.2 Å². The van der Waals surface area contributed by atoms with Gasteiger partial charge in [-0.25, -0.2) is 4.79 Å². The molecule has 1 saturated heterocycles. The van der Waals surface area contributed by atoms with E-state index in [2.05, 4.69) is 92.6 Å². The van der Waals surface area contributed by atoms with Gasteiger partial charge in [0.05, 0.1) is 28.9 Å². The Labute approximate surface area is 389 Å². The molecule has 4 rings (SSSR count). The summed E-state index contributed by atoms with van der Waals surface area (Å²) >= 11 is 16.4. The van der Waals surface area contributed by atoms with E-state index in [0.29, 0.717) is 24.2 Å². The van der Waals surface area contributed by atoms with Crippen molar-refractivity contribution in [1.29, 1.82) is 0 Å². The number of nitrogens with one attached hydrogen (secondary N) is 1. The molecule has 3 aromatic rings. The van der Waals surface area contributed by atoms with Crippen LogP contribution in [-0.4, -0.2) is 89.7 Å². The van der Waals surface area contributed by atoms with Gasteiger partial charge < -0.3 is 28.9 Å². The third-order valence-corrected chi connectivity index (χ3v) is 20.0. The topological polar surface area (TPSA) is 107 Å². The van der Waals surface area contributed by atoms with Crippen molar-refractivity contribution in [3.05, 3.63) is 98.1 Å². The quantitative estimate of drug-likeness (QED) is 0.0520. The van der Waals surface area contributed by atoms with Crippen molar-refractivity contribution in [2.75, 3.05) is 20.8 Å². The van der Waals surface area contributed by atoms with E-state index in [4.69, 9.17) is 41.8 Å². The first-order valence-corrected chi connectivity index (χ1v) is 28.7. The minimum atomic E-state index is -3.10. The molecule has 1 aliphatic rings. The average Bonchev–Trinajstić information content (AvgIpc) is 3.87. The minimum absolute atomic E-state index is 0.0341. The Balaban J connectivity index is 1.67. The Morgan fingerprint density at radius 1 is 1.00 bits per heavy atom. The molecular formula is C47H65Cl2IN2O7Si2. The number of nitrogens with zero attached hydrogens (tertiary/aromatic N) is 1. The van der Waals surface area contributed by atoms with E-state index in [9.17, 15) is 14.4 Å². The maximum atomic E-state index is 14.5. The lowest BCUT2D eigenvalue weighted by Gasteiger charge is -2.43. The summed E-state index contributed by atoms with van der Waals surface area (Å²) in [5, 5.41) is 5.33. The average molecular weight is 1020 g/mol. The van der Waals surface area contributed by atoms with Crippen molar-refractivity contribution in [3.8, 4) is 5.75 Å². The number of carbonyl (C=O) groups excluding carboxylic acids is 3. The highest BCUT2D eigenvalue weighted by molar-refractivity contribution is 14.1. The van der Waals surface area contributed by atoms with E-state index in [-0.39, 0.29) is 52.1 Å². The molecule has 0 bridgehead atoms. The van der Waals surface area contributed by atoms with Crippen molar-refractivity contribution >= 4 is 90.3 Å². The zero-order valence-electron chi connectivity index (χ0n) is 37.9. The summed E-state index contributed by atoms with van der Waals surface area (Å²) in [6.07, 6.45) is 0.543. The Kier molecular flexibility index (Phi) is 17.8. The molecule has 1 heterocycles. The molecular weight excluding hydrogens is 959 g/mol.